The van der Waals surface area contributed by atoms with Gasteiger partial charge in [-0.15, -0.1) is 0 Å². The van der Waals surface area contributed by atoms with E-state index in [1.807, 2.05) is 6.92 Å². The number of carbonyl (C=O) groups is 1. The molecule has 1 saturated carbocycles. The van der Waals surface area contributed by atoms with Crippen LogP contribution in [0, 0.1) is 5.92 Å². The predicted molar refractivity (Wildman–Crippen MR) is 56.3 cm³/mol. The molecule has 1 fully saturated rings. The highest BCUT2D eigenvalue weighted by Crippen LogP contribution is 2.33. The first-order valence-electron chi connectivity index (χ1n) is 5.32. The predicted octanol–water partition coefficient (Wildman–Crippen LogP) is 1.39. The average molecular weight is 205 g/mol. The maximum absolute atomic E-state index is 11.7. The molecule has 2 rings (SSSR count). The van der Waals surface area contributed by atoms with Gasteiger partial charge in [-0.25, -0.2) is 9.97 Å². The molecule has 1 N–H and O–H groups in total. The van der Waals surface area contributed by atoms with Crippen molar-refractivity contribution in [3.63, 3.8) is 0 Å². The summed E-state index contributed by atoms with van der Waals surface area (Å²) in [7, 11) is 0. The summed E-state index contributed by atoms with van der Waals surface area (Å²) in [6.45, 7) is 2.04. The molecule has 0 aliphatic heterocycles. The molecular formula is C11H15N3O. The van der Waals surface area contributed by atoms with Crippen molar-refractivity contribution >= 4 is 5.91 Å². The van der Waals surface area contributed by atoms with Crippen LogP contribution in [0.25, 0.3) is 0 Å². The van der Waals surface area contributed by atoms with Gasteiger partial charge in [0.1, 0.15) is 12.0 Å². The largest absolute Gasteiger partial charge is 0.348 e. The number of amides is 1. The smallest absolute Gasteiger partial charge is 0.270 e. The number of rotatable bonds is 4. The van der Waals surface area contributed by atoms with Gasteiger partial charge in [-0.2, -0.15) is 0 Å². The van der Waals surface area contributed by atoms with Gasteiger partial charge in [-0.3, -0.25) is 4.79 Å². The van der Waals surface area contributed by atoms with Crippen LogP contribution in [0.15, 0.2) is 18.6 Å². The number of carbonyl (C=O) groups excluding carboxylic acids is 1. The van der Waals surface area contributed by atoms with Crippen molar-refractivity contribution in [1.29, 1.82) is 0 Å². The third kappa shape index (κ3) is 3.01. The molecular weight excluding hydrogens is 190 g/mol. The summed E-state index contributed by atoms with van der Waals surface area (Å²) in [4.78, 5) is 19.3. The van der Waals surface area contributed by atoms with Crippen molar-refractivity contribution in [1.82, 2.24) is 15.3 Å². The topological polar surface area (TPSA) is 54.9 Å². The lowest BCUT2D eigenvalue weighted by Gasteiger charge is -2.12. The fourth-order valence-electron chi connectivity index (χ4n) is 1.64. The fourth-order valence-corrected chi connectivity index (χ4v) is 1.64. The summed E-state index contributed by atoms with van der Waals surface area (Å²) >= 11 is 0. The van der Waals surface area contributed by atoms with E-state index < -0.39 is 0 Å². The highest BCUT2D eigenvalue weighted by atomic mass is 16.1. The Morgan fingerprint density at radius 2 is 2.47 bits per heavy atom. The van der Waals surface area contributed by atoms with Crippen LogP contribution in [-0.4, -0.2) is 21.9 Å². The Balaban J connectivity index is 1.85. The van der Waals surface area contributed by atoms with Gasteiger partial charge in [-0.1, -0.05) is 12.8 Å². The Bertz CT molecular complexity index is 335. The van der Waals surface area contributed by atoms with Crippen LogP contribution < -0.4 is 5.32 Å². The van der Waals surface area contributed by atoms with E-state index in [0.717, 1.165) is 12.3 Å². The Hall–Kier alpha value is -1.45. The maximum atomic E-state index is 11.7. The van der Waals surface area contributed by atoms with Gasteiger partial charge in [-0.05, 0) is 25.3 Å². The first kappa shape index (κ1) is 10.1. The van der Waals surface area contributed by atoms with Gasteiger partial charge in [0.05, 0.1) is 0 Å². The van der Waals surface area contributed by atoms with Crippen molar-refractivity contribution in [2.45, 2.75) is 32.2 Å². The summed E-state index contributed by atoms with van der Waals surface area (Å²) in [5.41, 5.74) is 0.438. The fraction of sp³-hybridized carbons (Fsp3) is 0.545. The van der Waals surface area contributed by atoms with Gasteiger partial charge in [0.15, 0.2) is 0 Å². The molecule has 0 aromatic carbocycles. The molecule has 4 nitrogen and oxygen atoms in total. The minimum absolute atomic E-state index is 0.106. The third-order valence-electron chi connectivity index (χ3n) is 2.58. The Labute approximate surface area is 89.1 Å². The maximum Gasteiger partial charge on any atom is 0.270 e. The third-order valence-corrected chi connectivity index (χ3v) is 2.58. The molecule has 1 aromatic heterocycles. The zero-order valence-corrected chi connectivity index (χ0v) is 8.81. The lowest BCUT2D eigenvalue weighted by Crippen LogP contribution is -2.33. The molecule has 1 aliphatic rings. The summed E-state index contributed by atoms with van der Waals surface area (Å²) in [5, 5.41) is 2.94. The van der Waals surface area contributed by atoms with E-state index in [2.05, 4.69) is 15.3 Å². The highest BCUT2D eigenvalue weighted by molar-refractivity contribution is 5.92. The highest BCUT2D eigenvalue weighted by Gasteiger charge is 2.24. The molecule has 80 valence electrons. The van der Waals surface area contributed by atoms with E-state index in [9.17, 15) is 4.79 Å². The second-order valence-corrected chi connectivity index (χ2v) is 4.15. The molecule has 0 saturated heterocycles. The van der Waals surface area contributed by atoms with E-state index in [0.29, 0.717) is 5.69 Å². The van der Waals surface area contributed by atoms with Gasteiger partial charge in [0.25, 0.3) is 5.91 Å². The zero-order chi connectivity index (χ0) is 10.7. The van der Waals surface area contributed by atoms with E-state index in [1.54, 1.807) is 12.3 Å². The van der Waals surface area contributed by atoms with Crippen LogP contribution in [-0.2, 0) is 0 Å². The molecule has 1 amide bonds. The first-order valence-corrected chi connectivity index (χ1v) is 5.32. The van der Waals surface area contributed by atoms with Gasteiger partial charge < -0.3 is 5.32 Å². The molecule has 4 heteroatoms. The molecule has 1 unspecified atom stereocenters. The van der Waals surface area contributed by atoms with Gasteiger partial charge in [0.2, 0.25) is 0 Å². The number of nitrogens with one attached hydrogen (secondary N) is 1. The SMILES string of the molecule is CC(CC1CC1)NC(=O)c1ccncn1. The monoisotopic (exact) mass is 205 g/mol. The number of hydrogen-bond donors (Lipinski definition) is 1. The molecule has 1 atom stereocenters. The molecule has 0 spiro atoms. The molecule has 0 radical (unpaired) electrons. The van der Waals surface area contributed by atoms with Crippen molar-refractivity contribution in [2.24, 2.45) is 5.92 Å². The van der Waals surface area contributed by atoms with Crippen molar-refractivity contribution in [3.8, 4) is 0 Å². The van der Waals surface area contributed by atoms with Gasteiger partial charge >= 0.3 is 0 Å². The second-order valence-electron chi connectivity index (χ2n) is 4.15. The number of aromatic nitrogens is 2. The number of nitrogens with zero attached hydrogens (tertiary/aromatic N) is 2. The van der Waals surface area contributed by atoms with Crippen molar-refractivity contribution < 1.29 is 4.79 Å². The van der Waals surface area contributed by atoms with E-state index in [-0.39, 0.29) is 11.9 Å². The second kappa shape index (κ2) is 4.38. The lowest BCUT2D eigenvalue weighted by molar-refractivity contribution is 0.0932. The quantitative estimate of drug-likeness (QED) is 0.808. The molecule has 1 aliphatic carbocycles. The van der Waals surface area contributed by atoms with Crippen LogP contribution in [0.2, 0.25) is 0 Å². The normalized spacial score (nSPS) is 17.1. The molecule has 15 heavy (non-hydrogen) atoms. The van der Waals surface area contributed by atoms with Crippen LogP contribution in [0.5, 0.6) is 0 Å². The first-order chi connectivity index (χ1) is 7.25. The zero-order valence-electron chi connectivity index (χ0n) is 8.81. The lowest BCUT2D eigenvalue weighted by atomic mass is 10.1. The van der Waals surface area contributed by atoms with Crippen LogP contribution in [0.1, 0.15) is 36.7 Å². The summed E-state index contributed by atoms with van der Waals surface area (Å²) < 4.78 is 0. The van der Waals surface area contributed by atoms with Crippen LogP contribution in [0.4, 0.5) is 0 Å². The minimum atomic E-state index is -0.106. The summed E-state index contributed by atoms with van der Waals surface area (Å²) in [6, 6.07) is 1.86. The minimum Gasteiger partial charge on any atom is -0.348 e. The Morgan fingerprint density at radius 1 is 1.67 bits per heavy atom. The molecule has 1 aromatic rings. The van der Waals surface area contributed by atoms with E-state index >= 15 is 0 Å². The van der Waals surface area contributed by atoms with Crippen LogP contribution in [0.3, 0.4) is 0 Å². The van der Waals surface area contributed by atoms with Crippen LogP contribution >= 0.6 is 0 Å². The van der Waals surface area contributed by atoms with Crippen molar-refractivity contribution in [3.05, 3.63) is 24.3 Å². The molecule has 0 bridgehead atoms. The average Bonchev–Trinajstić information content (AvgIpc) is 3.03. The summed E-state index contributed by atoms with van der Waals surface area (Å²) in [5.74, 6) is 0.719. The standard InChI is InChI=1S/C11H15N3O/c1-8(6-9-2-3-9)14-11(15)10-4-5-12-7-13-10/h4-5,7-9H,2-3,6H2,1H3,(H,14,15). The van der Waals surface area contributed by atoms with Crippen molar-refractivity contribution in [2.75, 3.05) is 0 Å². The molecule has 1 heterocycles. The Kier molecular flexibility index (Phi) is 2.94. The van der Waals surface area contributed by atoms with E-state index in [1.165, 1.54) is 19.2 Å². The Morgan fingerprint density at radius 3 is 3.07 bits per heavy atom. The summed E-state index contributed by atoms with van der Waals surface area (Å²) in [6.07, 6.45) is 6.67. The number of hydrogen-bond acceptors (Lipinski definition) is 3. The van der Waals surface area contributed by atoms with E-state index in [4.69, 9.17) is 0 Å². The van der Waals surface area contributed by atoms with Gasteiger partial charge in [0, 0.05) is 12.2 Å².